The SMILES string of the molecule is c1ccc(-c2ccc3c(c2)c2ccccc2n3-c2ccc(N(c3ccccc3)c3ccc(-c4ccc5c(c4)c4ccccc4n5-c4ccccc4)cc3)cc2)cc1. The van der Waals surface area contributed by atoms with Crippen LogP contribution < -0.4 is 4.90 Å². The molecule has 57 heavy (non-hydrogen) atoms. The van der Waals surface area contributed by atoms with Crippen LogP contribution in [0.25, 0.3) is 77.2 Å². The second kappa shape index (κ2) is 13.6. The van der Waals surface area contributed by atoms with E-state index in [0.717, 1.165) is 22.7 Å². The minimum Gasteiger partial charge on any atom is -0.311 e. The van der Waals surface area contributed by atoms with E-state index in [1.807, 2.05) is 0 Å². The molecule has 268 valence electrons. The molecule has 0 fully saturated rings. The highest BCUT2D eigenvalue weighted by molar-refractivity contribution is 6.11. The van der Waals surface area contributed by atoms with Crippen LogP contribution in [0.2, 0.25) is 0 Å². The van der Waals surface area contributed by atoms with Gasteiger partial charge in [0.15, 0.2) is 0 Å². The second-order valence-corrected chi connectivity index (χ2v) is 14.6. The highest BCUT2D eigenvalue weighted by atomic mass is 15.1. The first kappa shape index (κ1) is 32.8. The lowest BCUT2D eigenvalue weighted by molar-refractivity contribution is 1.17. The van der Waals surface area contributed by atoms with E-state index >= 15 is 0 Å². The lowest BCUT2D eigenvalue weighted by Gasteiger charge is -2.26. The van der Waals surface area contributed by atoms with Gasteiger partial charge in [-0.05, 0) is 119 Å². The Labute approximate surface area is 331 Å². The van der Waals surface area contributed by atoms with Crippen molar-refractivity contribution in [2.45, 2.75) is 0 Å². The Morgan fingerprint density at radius 2 is 0.614 bits per heavy atom. The topological polar surface area (TPSA) is 13.1 Å². The Hall–Kier alpha value is -7.62. The van der Waals surface area contributed by atoms with Gasteiger partial charge in [0.25, 0.3) is 0 Å². The maximum atomic E-state index is 2.39. The van der Waals surface area contributed by atoms with E-state index in [0.29, 0.717) is 0 Å². The highest BCUT2D eigenvalue weighted by Crippen LogP contribution is 2.40. The Balaban J connectivity index is 0.965. The van der Waals surface area contributed by atoms with E-state index in [9.17, 15) is 0 Å². The predicted molar refractivity (Wildman–Crippen MR) is 241 cm³/mol. The van der Waals surface area contributed by atoms with Gasteiger partial charge in [0.1, 0.15) is 0 Å². The molecule has 0 radical (unpaired) electrons. The summed E-state index contributed by atoms with van der Waals surface area (Å²) < 4.78 is 4.75. The third kappa shape index (κ3) is 5.60. The number of anilines is 3. The Morgan fingerprint density at radius 1 is 0.246 bits per heavy atom. The van der Waals surface area contributed by atoms with Gasteiger partial charge in [-0.25, -0.2) is 0 Å². The summed E-state index contributed by atoms with van der Waals surface area (Å²) in [7, 11) is 0. The van der Waals surface area contributed by atoms with Crippen LogP contribution in [-0.2, 0) is 0 Å². The number of rotatable bonds is 7. The molecule has 3 heteroatoms. The molecule has 0 saturated carbocycles. The molecule has 11 rings (SSSR count). The fourth-order valence-electron chi connectivity index (χ4n) is 8.65. The first-order valence-corrected chi connectivity index (χ1v) is 19.5. The lowest BCUT2D eigenvalue weighted by atomic mass is 10.0. The van der Waals surface area contributed by atoms with Gasteiger partial charge in [0, 0.05) is 50.0 Å². The van der Waals surface area contributed by atoms with Crippen molar-refractivity contribution in [1.82, 2.24) is 9.13 Å². The monoisotopic (exact) mass is 727 g/mol. The molecule has 0 saturated heterocycles. The van der Waals surface area contributed by atoms with E-state index in [1.165, 1.54) is 71.6 Å². The average Bonchev–Trinajstić information content (AvgIpc) is 3.80. The molecule has 0 aliphatic heterocycles. The third-order valence-corrected chi connectivity index (χ3v) is 11.3. The molecule has 0 aliphatic rings. The molecule has 2 aromatic heterocycles. The van der Waals surface area contributed by atoms with Crippen molar-refractivity contribution < 1.29 is 0 Å². The van der Waals surface area contributed by atoms with Crippen molar-refractivity contribution in [3.63, 3.8) is 0 Å². The number of aromatic nitrogens is 2. The summed E-state index contributed by atoms with van der Waals surface area (Å²) in [6, 6.07) is 81.0. The molecule has 0 bridgehead atoms. The molecule has 2 heterocycles. The van der Waals surface area contributed by atoms with Crippen LogP contribution in [-0.4, -0.2) is 9.13 Å². The maximum Gasteiger partial charge on any atom is 0.0541 e. The number of benzene rings is 9. The maximum absolute atomic E-state index is 2.39. The molecular formula is C54H37N3. The molecule has 0 spiro atoms. The summed E-state index contributed by atoms with van der Waals surface area (Å²) in [5.74, 6) is 0. The van der Waals surface area contributed by atoms with Crippen molar-refractivity contribution >= 4 is 60.7 Å². The van der Waals surface area contributed by atoms with Crippen LogP contribution in [0.3, 0.4) is 0 Å². The summed E-state index contributed by atoms with van der Waals surface area (Å²) in [5.41, 5.74) is 15.3. The minimum absolute atomic E-state index is 1.10. The lowest BCUT2D eigenvalue weighted by Crippen LogP contribution is -2.10. The standard InChI is InChI=1S/C54H37N3/c1-4-14-38(15-5-1)40-26-34-54-49(36-40)48-21-11-13-23-52(48)57(54)46-32-30-45(31-33-46)55(42-16-6-2-7-17-42)44-28-24-39(25-29-44)41-27-35-53-50(37-41)47-20-10-12-22-51(47)56(53)43-18-8-3-9-19-43/h1-37H. The van der Waals surface area contributed by atoms with Gasteiger partial charge in [0.05, 0.1) is 22.1 Å². The van der Waals surface area contributed by atoms with Crippen LogP contribution in [0.4, 0.5) is 17.1 Å². The van der Waals surface area contributed by atoms with Crippen molar-refractivity contribution in [1.29, 1.82) is 0 Å². The van der Waals surface area contributed by atoms with E-state index in [1.54, 1.807) is 0 Å². The van der Waals surface area contributed by atoms with Crippen LogP contribution in [0, 0.1) is 0 Å². The fourth-order valence-corrected chi connectivity index (χ4v) is 8.65. The number of hydrogen-bond acceptors (Lipinski definition) is 1. The molecule has 0 aliphatic carbocycles. The number of nitrogens with zero attached hydrogens (tertiary/aromatic N) is 3. The normalized spacial score (nSPS) is 11.5. The molecule has 9 aromatic carbocycles. The molecule has 0 amide bonds. The second-order valence-electron chi connectivity index (χ2n) is 14.6. The zero-order valence-electron chi connectivity index (χ0n) is 31.2. The number of fused-ring (bicyclic) bond motifs is 6. The Bertz CT molecular complexity index is 3200. The summed E-state index contributed by atoms with van der Waals surface area (Å²) in [6.07, 6.45) is 0. The smallest absolute Gasteiger partial charge is 0.0541 e. The third-order valence-electron chi connectivity index (χ3n) is 11.3. The molecular weight excluding hydrogens is 691 g/mol. The van der Waals surface area contributed by atoms with Crippen molar-refractivity contribution in [2.24, 2.45) is 0 Å². The number of para-hydroxylation sites is 4. The predicted octanol–water partition coefficient (Wildman–Crippen LogP) is 14.7. The van der Waals surface area contributed by atoms with Gasteiger partial charge < -0.3 is 14.0 Å². The fraction of sp³-hybridized carbons (Fsp3) is 0. The summed E-state index contributed by atoms with van der Waals surface area (Å²) >= 11 is 0. The van der Waals surface area contributed by atoms with Crippen molar-refractivity contribution in [3.8, 4) is 33.6 Å². The van der Waals surface area contributed by atoms with E-state index < -0.39 is 0 Å². The van der Waals surface area contributed by atoms with Crippen molar-refractivity contribution in [2.75, 3.05) is 4.90 Å². The summed E-state index contributed by atoms with van der Waals surface area (Å²) in [6.45, 7) is 0. The first-order valence-electron chi connectivity index (χ1n) is 19.5. The minimum atomic E-state index is 1.10. The van der Waals surface area contributed by atoms with Gasteiger partial charge in [-0.1, -0.05) is 127 Å². The largest absolute Gasteiger partial charge is 0.311 e. The Kier molecular flexibility index (Phi) is 7.82. The van der Waals surface area contributed by atoms with Gasteiger partial charge >= 0.3 is 0 Å². The van der Waals surface area contributed by atoms with E-state index in [-0.39, 0.29) is 0 Å². The quantitative estimate of drug-likeness (QED) is 0.159. The van der Waals surface area contributed by atoms with Gasteiger partial charge in [-0.2, -0.15) is 0 Å². The molecule has 11 aromatic rings. The summed E-state index contributed by atoms with van der Waals surface area (Å²) in [5, 5.41) is 5.01. The van der Waals surface area contributed by atoms with E-state index in [2.05, 4.69) is 238 Å². The van der Waals surface area contributed by atoms with Crippen LogP contribution in [0.1, 0.15) is 0 Å². The van der Waals surface area contributed by atoms with Gasteiger partial charge in [0.2, 0.25) is 0 Å². The average molecular weight is 728 g/mol. The molecule has 0 N–H and O–H groups in total. The van der Waals surface area contributed by atoms with Crippen LogP contribution >= 0.6 is 0 Å². The van der Waals surface area contributed by atoms with Crippen LogP contribution in [0.5, 0.6) is 0 Å². The van der Waals surface area contributed by atoms with Crippen molar-refractivity contribution in [3.05, 3.63) is 224 Å². The molecule has 3 nitrogen and oxygen atoms in total. The van der Waals surface area contributed by atoms with E-state index in [4.69, 9.17) is 0 Å². The zero-order valence-corrected chi connectivity index (χ0v) is 31.2. The highest BCUT2D eigenvalue weighted by Gasteiger charge is 2.17. The molecule has 0 unspecified atom stereocenters. The first-order chi connectivity index (χ1) is 28.3. The number of hydrogen-bond donors (Lipinski definition) is 0. The van der Waals surface area contributed by atoms with Gasteiger partial charge in [-0.3, -0.25) is 0 Å². The Morgan fingerprint density at radius 3 is 1.16 bits per heavy atom. The zero-order chi connectivity index (χ0) is 37.7. The van der Waals surface area contributed by atoms with Crippen LogP contribution in [0.15, 0.2) is 224 Å². The molecule has 0 atom stereocenters. The summed E-state index contributed by atoms with van der Waals surface area (Å²) in [4.78, 5) is 2.34. The van der Waals surface area contributed by atoms with Gasteiger partial charge in [-0.15, -0.1) is 0 Å².